The summed E-state index contributed by atoms with van der Waals surface area (Å²) in [5, 5.41) is 8.83. The van der Waals surface area contributed by atoms with Crippen LogP contribution in [0.2, 0.25) is 0 Å². The molecule has 0 saturated carbocycles. The standard InChI is InChI=1S/C15H22N4O2/c1-12-2-4-13(5-3-12)14(20)17-7-6-16-8-10-19-11-9-18-15(19)21/h2-5,16H,6-11H2,1H3,(H,17,20)(H,18,21). The number of rotatable bonds is 7. The normalized spacial score (nSPS) is 14.1. The maximum atomic E-state index is 11.8. The molecule has 6 heteroatoms. The average molecular weight is 290 g/mol. The van der Waals surface area contributed by atoms with E-state index < -0.39 is 0 Å². The predicted molar refractivity (Wildman–Crippen MR) is 81.4 cm³/mol. The predicted octanol–water partition coefficient (Wildman–Crippen LogP) is 0.340. The van der Waals surface area contributed by atoms with E-state index in [4.69, 9.17) is 0 Å². The molecule has 1 heterocycles. The second-order valence-corrected chi connectivity index (χ2v) is 5.09. The molecular formula is C15H22N4O2. The van der Waals surface area contributed by atoms with E-state index in [1.165, 1.54) is 0 Å². The van der Waals surface area contributed by atoms with Crippen molar-refractivity contribution in [3.63, 3.8) is 0 Å². The summed E-state index contributed by atoms with van der Waals surface area (Å²) in [6.07, 6.45) is 0. The summed E-state index contributed by atoms with van der Waals surface area (Å²) in [5.74, 6) is -0.0595. The summed E-state index contributed by atoms with van der Waals surface area (Å²) in [6, 6.07) is 7.50. The van der Waals surface area contributed by atoms with Gasteiger partial charge in [-0.2, -0.15) is 0 Å². The van der Waals surface area contributed by atoms with Gasteiger partial charge < -0.3 is 20.9 Å². The van der Waals surface area contributed by atoms with E-state index in [0.29, 0.717) is 25.2 Å². The van der Waals surface area contributed by atoms with Gasteiger partial charge in [-0.3, -0.25) is 4.79 Å². The van der Waals surface area contributed by atoms with Crippen LogP contribution < -0.4 is 16.0 Å². The van der Waals surface area contributed by atoms with Crippen LogP contribution in [0.15, 0.2) is 24.3 Å². The minimum Gasteiger partial charge on any atom is -0.351 e. The largest absolute Gasteiger partial charge is 0.351 e. The van der Waals surface area contributed by atoms with Crippen LogP contribution >= 0.6 is 0 Å². The summed E-state index contributed by atoms with van der Waals surface area (Å²) in [7, 11) is 0. The highest BCUT2D eigenvalue weighted by atomic mass is 16.2. The molecule has 6 nitrogen and oxygen atoms in total. The van der Waals surface area contributed by atoms with Crippen LogP contribution in [0, 0.1) is 6.92 Å². The maximum Gasteiger partial charge on any atom is 0.317 e. The zero-order chi connectivity index (χ0) is 15.1. The molecule has 114 valence electrons. The van der Waals surface area contributed by atoms with Crippen LogP contribution in [-0.2, 0) is 0 Å². The Morgan fingerprint density at radius 1 is 1.24 bits per heavy atom. The molecule has 3 amide bonds. The van der Waals surface area contributed by atoms with Crippen LogP contribution in [0.25, 0.3) is 0 Å². The lowest BCUT2D eigenvalue weighted by molar-refractivity contribution is 0.0954. The van der Waals surface area contributed by atoms with Crippen molar-refractivity contribution >= 4 is 11.9 Å². The number of aryl methyl sites for hydroxylation is 1. The van der Waals surface area contributed by atoms with Gasteiger partial charge in [0.25, 0.3) is 5.91 Å². The molecule has 1 aliphatic rings. The number of nitrogens with zero attached hydrogens (tertiary/aromatic N) is 1. The Balaban J connectivity index is 1.56. The first kappa shape index (κ1) is 15.3. The molecule has 0 unspecified atom stereocenters. The van der Waals surface area contributed by atoms with Crippen LogP contribution in [0.1, 0.15) is 15.9 Å². The first-order valence-corrected chi connectivity index (χ1v) is 7.25. The maximum absolute atomic E-state index is 11.8. The Labute approximate surface area is 124 Å². The fraction of sp³-hybridized carbons (Fsp3) is 0.467. The van der Waals surface area contributed by atoms with Crippen LogP contribution in [-0.4, -0.2) is 56.1 Å². The molecule has 3 N–H and O–H groups in total. The highest BCUT2D eigenvalue weighted by Gasteiger charge is 2.17. The zero-order valence-corrected chi connectivity index (χ0v) is 12.3. The third kappa shape index (κ3) is 4.75. The van der Waals surface area contributed by atoms with Gasteiger partial charge in [0.2, 0.25) is 0 Å². The number of amides is 3. The van der Waals surface area contributed by atoms with Crippen LogP contribution in [0.3, 0.4) is 0 Å². The summed E-state index contributed by atoms with van der Waals surface area (Å²) < 4.78 is 0. The van der Waals surface area contributed by atoms with Crippen molar-refractivity contribution in [2.24, 2.45) is 0 Å². The van der Waals surface area contributed by atoms with Crippen molar-refractivity contribution in [2.45, 2.75) is 6.92 Å². The topological polar surface area (TPSA) is 73.5 Å². The van der Waals surface area contributed by atoms with Gasteiger partial charge in [-0.1, -0.05) is 17.7 Å². The smallest absolute Gasteiger partial charge is 0.317 e. The highest BCUT2D eigenvalue weighted by Crippen LogP contribution is 2.02. The van der Waals surface area contributed by atoms with E-state index in [1.54, 1.807) is 4.90 Å². The van der Waals surface area contributed by atoms with E-state index in [9.17, 15) is 9.59 Å². The monoisotopic (exact) mass is 290 g/mol. The van der Waals surface area contributed by atoms with Gasteiger partial charge in [0, 0.05) is 44.8 Å². The van der Waals surface area contributed by atoms with Crippen molar-refractivity contribution in [1.82, 2.24) is 20.9 Å². The molecule has 1 aromatic carbocycles. The molecule has 1 saturated heterocycles. The first-order valence-electron chi connectivity index (χ1n) is 7.25. The van der Waals surface area contributed by atoms with Gasteiger partial charge >= 0.3 is 6.03 Å². The molecule has 0 bridgehead atoms. The Morgan fingerprint density at radius 3 is 2.67 bits per heavy atom. The van der Waals surface area contributed by atoms with Gasteiger partial charge in [-0.15, -0.1) is 0 Å². The Morgan fingerprint density at radius 2 is 2.00 bits per heavy atom. The molecule has 1 fully saturated rings. The number of carbonyl (C=O) groups is 2. The quantitative estimate of drug-likeness (QED) is 0.634. The number of hydrogen-bond acceptors (Lipinski definition) is 3. The fourth-order valence-corrected chi connectivity index (χ4v) is 2.13. The van der Waals surface area contributed by atoms with Crippen molar-refractivity contribution < 1.29 is 9.59 Å². The molecule has 0 spiro atoms. The van der Waals surface area contributed by atoms with Gasteiger partial charge in [0.1, 0.15) is 0 Å². The van der Waals surface area contributed by atoms with E-state index in [2.05, 4.69) is 16.0 Å². The summed E-state index contributed by atoms with van der Waals surface area (Å²) in [5.41, 5.74) is 1.81. The van der Waals surface area contributed by atoms with Crippen molar-refractivity contribution in [3.8, 4) is 0 Å². The number of hydrogen-bond donors (Lipinski definition) is 3. The van der Waals surface area contributed by atoms with Gasteiger partial charge in [-0.25, -0.2) is 4.79 Å². The molecular weight excluding hydrogens is 268 g/mol. The lowest BCUT2D eigenvalue weighted by atomic mass is 10.1. The number of carbonyl (C=O) groups excluding carboxylic acids is 2. The molecule has 0 atom stereocenters. The molecule has 1 aliphatic heterocycles. The molecule has 1 aromatic rings. The van der Waals surface area contributed by atoms with Gasteiger partial charge in [0.05, 0.1) is 0 Å². The Bertz CT molecular complexity index is 487. The number of benzene rings is 1. The molecule has 0 radical (unpaired) electrons. The fourth-order valence-electron chi connectivity index (χ4n) is 2.13. The lowest BCUT2D eigenvalue weighted by Gasteiger charge is -2.14. The van der Waals surface area contributed by atoms with Crippen molar-refractivity contribution in [1.29, 1.82) is 0 Å². The lowest BCUT2D eigenvalue weighted by Crippen LogP contribution is -2.37. The summed E-state index contributed by atoms with van der Waals surface area (Å²) in [4.78, 5) is 24.9. The second kappa shape index (κ2) is 7.64. The molecule has 21 heavy (non-hydrogen) atoms. The highest BCUT2D eigenvalue weighted by molar-refractivity contribution is 5.94. The molecule has 2 rings (SSSR count). The molecule has 0 aromatic heterocycles. The first-order chi connectivity index (χ1) is 10.2. The SMILES string of the molecule is Cc1ccc(C(=O)NCCNCCN2CCNC2=O)cc1. The summed E-state index contributed by atoms with van der Waals surface area (Å²) in [6.45, 7) is 6.17. The van der Waals surface area contributed by atoms with Crippen LogP contribution in [0.4, 0.5) is 4.79 Å². The number of urea groups is 1. The Kier molecular flexibility index (Phi) is 5.57. The second-order valence-electron chi connectivity index (χ2n) is 5.09. The number of nitrogens with one attached hydrogen (secondary N) is 3. The third-order valence-electron chi connectivity index (χ3n) is 3.40. The summed E-state index contributed by atoms with van der Waals surface area (Å²) >= 11 is 0. The van der Waals surface area contributed by atoms with E-state index in [-0.39, 0.29) is 11.9 Å². The molecule has 0 aliphatic carbocycles. The van der Waals surface area contributed by atoms with E-state index in [1.807, 2.05) is 31.2 Å². The minimum atomic E-state index is -0.0595. The van der Waals surface area contributed by atoms with Crippen molar-refractivity contribution in [3.05, 3.63) is 35.4 Å². The minimum absolute atomic E-state index is 0.00414. The Hall–Kier alpha value is -2.08. The zero-order valence-electron chi connectivity index (χ0n) is 12.3. The van der Waals surface area contributed by atoms with Crippen molar-refractivity contribution in [2.75, 3.05) is 39.3 Å². The van der Waals surface area contributed by atoms with Crippen LogP contribution in [0.5, 0.6) is 0 Å². The van der Waals surface area contributed by atoms with Gasteiger partial charge in [0.15, 0.2) is 0 Å². The van der Waals surface area contributed by atoms with E-state index in [0.717, 1.165) is 25.2 Å². The van der Waals surface area contributed by atoms with E-state index >= 15 is 0 Å². The average Bonchev–Trinajstić information content (AvgIpc) is 2.88. The van der Waals surface area contributed by atoms with Gasteiger partial charge in [-0.05, 0) is 19.1 Å². The third-order valence-corrected chi connectivity index (χ3v) is 3.40.